The molecule has 2 aromatic carbocycles. The topological polar surface area (TPSA) is 58.6 Å². The molecule has 0 aliphatic heterocycles. The zero-order valence-electron chi connectivity index (χ0n) is 16.2. The third-order valence-electron chi connectivity index (χ3n) is 4.87. The lowest BCUT2D eigenvalue weighted by Gasteiger charge is -2.28. The van der Waals surface area contributed by atoms with Crippen LogP contribution >= 0.6 is 0 Å². The van der Waals surface area contributed by atoms with E-state index in [-0.39, 0.29) is 11.6 Å². The summed E-state index contributed by atoms with van der Waals surface area (Å²) in [6.07, 6.45) is 3.17. The molecule has 0 amide bonds. The van der Waals surface area contributed by atoms with Gasteiger partial charge in [0.1, 0.15) is 0 Å². The second-order valence-electron chi connectivity index (χ2n) is 6.57. The Hall–Kier alpha value is -2.66. The monoisotopic (exact) mass is 366 g/mol. The third-order valence-corrected chi connectivity index (χ3v) is 4.87. The Labute approximate surface area is 160 Å². The lowest BCUT2D eigenvalue weighted by molar-refractivity contribution is 0.0962. The van der Waals surface area contributed by atoms with Gasteiger partial charge in [-0.05, 0) is 25.5 Å². The molecule has 0 atom stereocenters. The Bertz CT molecular complexity index is 861. The van der Waals surface area contributed by atoms with Crippen LogP contribution in [-0.2, 0) is 4.84 Å². The van der Waals surface area contributed by atoms with Gasteiger partial charge in [0.25, 0.3) is 0 Å². The van der Waals surface area contributed by atoms with Crippen molar-refractivity contribution in [3.8, 4) is 0 Å². The summed E-state index contributed by atoms with van der Waals surface area (Å²) < 4.78 is 0. The van der Waals surface area contributed by atoms with Gasteiger partial charge >= 0.3 is 0 Å². The van der Waals surface area contributed by atoms with Crippen molar-refractivity contribution >= 4 is 22.9 Å². The molecule has 0 heterocycles. The maximum absolute atomic E-state index is 13.3. The zero-order valence-corrected chi connectivity index (χ0v) is 16.2. The highest BCUT2D eigenvalue weighted by Gasteiger charge is 2.34. The second-order valence-corrected chi connectivity index (χ2v) is 6.57. The number of nitrogens with one attached hydrogen (secondary N) is 1. The summed E-state index contributed by atoms with van der Waals surface area (Å²) in [5.74, 6) is -0.267. The minimum Gasteiger partial charge on any atom is -0.388 e. The first-order valence-electron chi connectivity index (χ1n) is 9.57. The van der Waals surface area contributed by atoms with Crippen LogP contribution in [0.3, 0.4) is 0 Å². The Balaban J connectivity index is 2.08. The van der Waals surface area contributed by atoms with E-state index in [1.54, 1.807) is 36.4 Å². The molecule has 0 radical (unpaired) electrons. The molecule has 1 aliphatic rings. The standard InChI is InChI=1S/C22H26N2O3/c1-4-6-9-14-27-24(5-2)18-13-12-17(23-3)19-20(18)22(26)16-11-8-7-10-15(16)21(19)25/h7-8,10-13,23H,4-6,9,14H2,1-3H3. The molecule has 142 valence electrons. The average molecular weight is 366 g/mol. The Kier molecular flexibility index (Phi) is 5.91. The van der Waals surface area contributed by atoms with Gasteiger partial charge < -0.3 is 5.32 Å². The zero-order chi connectivity index (χ0) is 19.4. The van der Waals surface area contributed by atoms with Crippen molar-refractivity contribution in [2.45, 2.75) is 33.1 Å². The number of anilines is 2. The van der Waals surface area contributed by atoms with Crippen molar-refractivity contribution in [1.29, 1.82) is 0 Å². The first kappa shape index (κ1) is 19.1. The van der Waals surface area contributed by atoms with E-state index in [0.717, 1.165) is 19.3 Å². The van der Waals surface area contributed by atoms with Gasteiger partial charge in [-0.1, -0.05) is 44.0 Å². The maximum Gasteiger partial charge on any atom is 0.196 e. The molecule has 0 aromatic heterocycles. The fourth-order valence-electron chi connectivity index (χ4n) is 3.48. The van der Waals surface area contributed by atoms with Gasteiger partial charge in [0, 0.05) is 30.4 Å². The highest BCUT2D eigenvalue weighted by atomic mass is 16.7. The van der Waals surface area contributed by atoms with Crippen LogP contribution in [0.4, 0.5) is 11.4 Å². The third kappa shape index (κ3) is 3.47. The molecule has 2 aromatic rings. The van der Waals surface area contributed by atoms with Gasteiger partial charge in [-0.15, -0.1) is 0 Å². The minimum absolute atomic E-state index is 0.131. The number of hydrogen-bond acceptors (Lipinski definition) is 5. The second kappa shape index (κ2) is 8.35. The summed E-state index contributed by atoms with van der Waals surface area (Å²) in [5, 5.41) is 4.78. The molecule has 0 saturated heterocycles. The molecule has 0 saturated carbocycles. The number of carbonyl (C=O) groups excluding carboxylic acids is 2. The predicted molar refractivity (Wildman–Crippen MR) is 108 cm³/mol. The predicted octanol–water partition coefficient (Wildman–Crippen LogP) is 4.45. The van der Waals surface area contributed by atoms with E-state index in [1.165, 1.54) is 0 Å². The number of ketones is 2. The van der Waals surface area contributed by atoms with E-state index in [1.807, 2.05) is 19.1 Å². The van der Waals surface area contributed by atoms with E-state index in [0.29, 0.717) is 46.8 Å². The number of rotatable bonds is 8. The Morgan fingerprint density at radius 2 is 1.59 bits per heavy atom. The van der Waals surface area contributed by atoms with Crippen molar-refractivity contribution in [3.63, 3.8) is 0 Å². The highest BCUT2D eigenvalue weighted by Crippen LogP contribution is 2.37. The van der Waals surface area contributed by atoms with Crippen LogP contribution in [0.2, 0.25) is 0 Å². The summed E-state index contributed by atoms with van der Waals surface area (Å²) in [6.45, 7) is 5.29. The molecular weight excluding hydrogens is 340 g/mol. The number of hydroxylamine groups is 1. The molecule has 5 nitrogen and oxygen atoms in total. The number of unbranched alkanes of at least 4 members (excludes halogenated alkanes) is 2. The van der Waals surface area contributed by atoms with E-state index >= 15 is 0 Å². The highest BCUT2D eigenvalue weighted by molar-refractivity contribution is 6.31. The van der Waals surface area contributed by atoms with Gasteiger partial charge in [-0.2, -0.15) is 0 Å². The molecule has 0 unspecified atom stereocenters. The van der Waals surface area contributed by atoms with Gasteiger partial charge in [0.2, 0.25) is 0 Å². The van der Waals surface area contributed by atoms with Crippen molar-refractivity contribution in [2.24, 2.45) is 0 Å². The number of hydrogen-bond donors (Lipinski definition) is 1. The fourth-order valence-corrected chi connectivity index (χ4v) is 3.48. The van der Waals surface area contributed by atoms with E-state index in [9.17, 15) is 9.59 Å². The molecule has 0 spiro atoms. The first-order valence-corrected chi connectivity index (χ1v) is 9.57. The normalized spacial score (nSPS) is 12.6. The Morgan fingerprint density at radius 1 is 0.926 bits per heavy atom. The van der Waals surface area contributed by atoms with Crippen molar-refractivity contribution in [1.82, 2.24) is 0 Å². The summed E-state index contributed by atoms with van der Waals surface area (Å²) in [5.41, 5.74) is 3.05. The summed E-state index contributed by atoms with van der Waals surface area (Å²) in [7, 11) is 1.76. The van der Waals surface area contributed by atoms with Crippen molar-refractivity contribution < 1.29 is 14.4 Å². The first-order chi connectivity index (χ1) is 13.1. The molecule has 0 fully saturated rings. The fraction of sp³-hybridized carbons (Fsp3) is 0.364. The molecule has 1 N–H and O–H groups in total. The van der Waals surface area contributed by atoms with E-state index in [4.69, 9.17) is 4.84 Å². The van der Waals surface area contributed by atoms with Crippen molar-refractivity contribution in [2.75, 3.05) is 30.6 Å². The average Bonchev–Trinajstić information content (AvgIpc) is 2.71. The smallest absolute Gasteiger partial charge is 0.196 e. The van der Waals surface area contributed by atoms with Crippen LogP contribution in [-0.4, -0.2) is 31.8 Å². The summed E-state index contributed by atoms with van der Waals surface area (Å²) in [4.78, 5) is 32.4. The molecule has 5 heteroatoms. The van der Waals surface area contributed by atoms with Crippen LogP contribution in [0.15, 0.2) is 36.4 Å². The van der Waals surface area contributed by atoms with E-state index in [2.05, 4.69) is 12.2 Å². The number of benzene rings is 2. The Morgan fingerprint density at radius 3 is 2.19 bits per heavy atom. The largest absolute Gasteiger partial charge is 0.388 e. The molecule has 0 bridgehead atoms. The van der Waals surface area contributed by atoms with Crippen LogP contribution in [0.5, 0.6) is 0 Å². The maximum atomic E-state index is 13.3. The van der Waals surface area contributed by atoms with Crippen molar-refractivity contribution in [3.05, 3.63) is 58.7 Å². The molecule has 1 aliphatic carbocycles. The number of carbonyl (C=O) groups is 2. The summed E-state index contributed by atoms with van der Waals surface area (Å²) >= 11 is 0. The number of nitrogens with zero attached hydrogens (tertiary/aromatic N) is 1. The van der Waals surface area contributed by atoms with Gasteiger partial charge in [0.15, 0.2) is 11.6 Å². The summed E-state index contributed by atoms with van der Waals surface area (Å²) in [6, 6.07) is 10.7. The lowest BCUT2D eigenvalue weighted by Crippen LogP contribution is -2.30. The molecular formula is C22H26N2O3. The lowest BCUT2D eigenvalue weighted by atomic mass is 9.82. The molecule has 27 heavy (non-hydrogen) atoms. The van der Waals surface area contributed by atoms with Crippen LogP contribution in [0.25, 0.3) is 0 Å². The minimum atomic E-state index is -0.136. The van der Waals surface area contributed by atoms with Gasteiger partial charge in [-0.3, -0.25) is 19.5 Å². The SMILES string of the molecule is CCCCCON(CC)c1ccc(NC)c2c1C(=O)c1ccccc1C2=O. The quantitative estimate of drug-likeness (QED) is 0.471. The molecule has 3 rings (SSSR count). The van der Waals surface area contributed by atoms with Crippen LogP contribution < -0.4 is 10.4 Å². The van der Waals surface area contributed by atoms with E-state index < -0.39 is 0 Å². The van der Waals surface area contributed by atoms with Gasteiger partial charge in [-0.25, -0.2) is 0 Å². The van der Waals surface area contributed by atoms with Gasteiger partial charge in [0.05, 0.1) is 23.4 Å². The van der Waals surface area contributed by atoms with Crippen LogP contribution in [0, 0.1) is 0 Å². The van der Waals surface area contributed by atoms with Crippen LogP contribution in [0.1, 0.15) is 65.0 Å². The number of fused-ring (bicyclic) bond motifs is 2.